The Hall–Kier alpha value is -5.68. The second kappa shape index (κ2) is 18.4. The predicted octanol–water partition coefficient (Wildman–Crippen LogP) is 6.37. The molecule has 4 aromatic rings. The number of aromatic nitrogens is 4. The number of benzene rings is 2. The number of aryl methyl sites for hydroxylation is 2. The molecule has 0 saturated carbocycles. The Bertz CT molecular complexity index is 1770. The summed E-state index contributed by atoms with van der Waals surface area (Å²) >= 11 is 0. The second-order valence-electron chi connectivity index (χ2n) is 10.5. The van der Waals surface area contributed by atoms with Crippen LogP contribution in [0.5, 0.6) is 11.5 Å². The molecule has 0 aliphatic carbocycles. The Morgan fingerprint density at radius 1 is 0.706 bits per heavy atom. The average Bonchev–Trinajstić information content (AvgIpc) is 3.10. The zero-order valence-electron chi connectivity index (χ0n) is 27.6. The van der Waals surface area contributed by atoms with Gasteiger partial charge in [0.15, 0.2) is 11.4 Å². The molecule has 2 aromatic carbocycles. The summed E-state index contributed by atoms with van der Waals surface area (Å²) in [6.45, 7) is 0.691. The van der Waals surface area contributed by atoms with Gasteiger partial charge in [0.25, 0.3) is 0 Å². The topological polar surface area (TPSA) is 158 Å². The van der Waals surface area contributed by atoms with E-state index in [0.717, 1.165) is 43.5 Å². The smallest absolute Gasteiger partial charge is 0.434 e. The van der Waals surface area contributed by atoms with Crippen LogP contribution in [0.1, 0.15) is 56.1 Å². The van der Waals surface area contributed by atoms with Gasteiger partial charge < -0.3 is 30.0 Å². The summed E-state index contributed by atoms with van der Waals surface area (Å²) in [6, 6.07) is 14.2. The number of esters is 2. The summed E-state index contributed by atoms with van der Waals surface area (Å²) in [5.41, 5.74) is -2.18. The minimum Gasteiger partial charge on any atom is -0.508 e. The van der Waals surface area contributed by atoms with Crippen molar-refractivity contribution < 1.29 is 55.2 Å². The molecular weight excluding hydrogens is 690 g/mol. The molecular formula is C33H34F6N6O6. The third-order valence-corrected chi connectivity index (χ3v) is 6.82. The molecule has 18 heteroatoms. The van der Waals surface area contributed by atoms with Crippen molar-refractivity contribution in [3.8, 4) is 11.5 Å². The molecule has 0 saturated heterocycles. The van der Waals surface area contributed by atoms with E-state index in [-0.39, 0.29) is 17.6 Å². The number of carbonyl (C=O) groups is 2. The van der Waals surface area contributed by atoms with Gasteiger partial charge in [-0.1, -0.05) is 24.3 Å². The number of hydrogen-bond acceptors (Lipinski definition) is 12. The number of aromatic hydroxyl groups is 1. The van der Waals surface area contributed by atoms with Crippen molar-refractivity contribution in [3.63, 3.8) is 0 Å². The fourth-order valence-electron chi connectivity index (χ4n) is 4.41. The van der Waals surface area contributed by atoms with Gasteiger partial charge in [-0.05, 0) is 61.1 Å². The van der Waals surface area contributed by atoms with Crippen LogP contribution in [0.2, 0.25) is 0 Å². The molecule has 0 aliphatic rings. The lowest BCUT2D eigenvalue weighted by Crippen LogP contribution is -2.19. The summed E-state index contributed by atoms with van der Waals surface area (Å²) in [5.74, 6) is -1.81. The highest BCUT2D eigenvalue weighted by atomic mass is 19.4. The minimum absolute atomic E-state index is 0.155. The van der Waals surface area contributed by atoms with E-state index in [1.54, 1.807) is 25.3 Å². The quantitative estimate of drug-likeness (QED) is 0.0797. The van der Waals surface area contributed by atoms with Crippen molar-refractivity contribution in [1.82, 2.24) is 19.9 Å². The first-order chi connectivity index (χ1) is 24.2. The minimum atomic E-state index is -4.80. The number of methoxy groups -OCH3 is 3. The molecule has 0 fully saturated rings. The van der Waals surface area contributed by atoms with Gasteiger partial charge in [0.2, 0.25) is 11.9 Å². The van der Waals surface area contributed by atoms with Crippen LogP contribution in [0.25, 0.3) is 0 Å². The van der Waals surface area contributed by atoms with Crippen LogP contribution in [-0.2, 0) is 34.7 Å². The molecule has 0 aliphatic heterocycles. The molecule has 0 radical (unpaired) electrons. The van der Waals surface area contributed by atoms with E-state index >= 15 is 0 Å². The largest absolute Gasteiger partial charge is 0.508 e. The van der Waals surface area contributed by atoms with E-state index < -0.39 is 46.8 Å². The number of anilines is 2. The average molecular weight is 725 g/mol. The number of nitrogens with one attached hydrogen (secondary N) is 2. The Morgan fingerprint density at radius 2 is 1.16 bits per heavy atom. The number of phenolic OH excluding ortho intramolecular Hbond substituents is 1. The zero-order chi connectivity index (χ0) is 37.6. The Balaban J connectivity index is 0.000000276. The summed E-state index contributed by atoms with van der Waals surface area (Å²) < 4.78 is 92.0. The molecule has 0 bridgehead atoms. The third kappa shape index (κ3) is 12.3. The summed E-state index contributed by atoms with van der Waals surface area (Å²) in [7, 11) is 3.55. The Morgan fingerprint density at radius 3 is 1.57 bits per heavy atom. The second-order valence-corrected chi connectivity index (χ2v) is 10.5. The molecule has 12 nitrogen and oxygen atoms in total. The van der Waals surface area contributed by atoms with Crippen LogP contribution in [0.3, 0.4) is 0 Å². The van der Waals surface area contributed by atoms with Crippen LogP contribution in [-0.4, -0.2) is 71.4 Å². The van der Waals surface area contributed by atoms with Crippen LogP contribution >= 0.6 is 0 Å². The summed E-state index contributed by atoms with van der Waals surface area (Å²) in [6.07, 6.45) is -5.42. The molecule has 4 rings (SSSR count). The number of carbonyl (C=O) groups excluding carboxylic acids is 2. The van der Waals surface area contributed by atoms with Crippen molar-refractivity contribution in [2.75, 3.05) is 45.1 Å². The monoisotopic (exact) mass is 724 g/mol. The lowest BCUT2D eigenvalue weighted by Gasteiger charge is -2.12. The van der Waals surface area contributed by atoms with Gasteiger partial charge in [-0.25, -0.2) is 29.5 Å². The standard InChI is InChI=1S/C17H18F3N3O3.C16H16F3N3O3/c1-25-12-7-3-5-11(9-12)6-4-8-21-16-22-10-13(15(24)26-2)14(23-16)17(18,19)20;1-25-14(24)12-9-21-15(22-13(12)16(17,18)19)20-7-3-5-10-4-2-6-11(23)8-10/h3,5,7,9-10H,4,6,8H2,1-2H3,(H,21,22,23);2,4,6,8-9,23H,3,5,7H2,1H3,(H,20,21,22). The summed E-state index contributed by atoms with van der Waals surface area (Å²) in [4.78, 5) is 37.1. The van der Waals surface area contributed by atoms with Crippen LogP contribution in [0, 0.1) is 0 Å². The normalized spacial score (nSPS) is 11.2. The van der Waals surface area contributed by atoms with Crippen molar-refractivity contribution in [1.29, 1.82) is 0 Å². The lowest BCUT2D eigenvalue weighted by molar-refractivity contribution is -0.142. The summed E-state index contributed by atoms with van der Waals surface area (Å²) in [5, 5.41) is 14.8. The number of nitrogens with zero attached hydrogens (tertiary/aromatic N) is 4. The van der Waals surface area contributed by atoms with Gasteiger partial charge in [0, 0.05) is 25.5 Å². The van der Waals surface area contributed by atoms with Crippen molar-refractivity contribution in [2.45, 2.75) is 38.0 Å². The first-order valence-corrected chi connectivity index (χ1v) is 15.1. The maximum atomic E-state index is 13.1. The number of hydrogen-bond donors (Lipinski definition) is 3. The van der Waals surface area contributed by atoms with E-state index in [0.29, 0.717) is 38.8 Å². The van der Waals surface area contributed by atoms with Crippen LogP contribution in [0.4, 0.5) is 38.2 Å². The Labute approximate surface area is 288 Å². The van der Waals surface area contributed by atoms with Crippen molar-refractivity contribution >= 4 is 23.8 Å². The number of alkyl halides is 6. The molecule has 2 heterocycles. The SMILES string of the molecule is COC(=O)c1cnc(NCCCc2cccc(O)c2)nc1C(F)(F)F.COC(=O)c1cnc(NCCCc2cccc(OC)c2)nc1C(F)(F)F. The van der Waals surface area contributed by atoms with Gasteiger partial charge in [-0.15, -0.1) is 0 Å². The highest BCUT2D eigenvalue weighted by Gasteiger charge is 2.39. The molecule has 274 valence electrons. The van der Waals surface area contributed by atoms with E-state index in [2.05, 4.69) is 40.0 Å². The van der Waals surface area contributed by atoms with Crippen LogP contribution < -0.4 is 15.4 Å². The van der Waals surface area contributed by atoms with Gasteiger partial charge in [0.05, 0.1) is 21.3 Å². The number of rotatable bonds is 13. The Kier molecular flexibility index (Phi) is 14.3. The molecule has 0 amide bonds. The number of halogens is 6. The molecule has 3 N–H and O–H groups in total. The highest BCUT2D eigenvalue weighted by Crippen LogP contribution is 2.32. The molecule has 2 aromatic heterocycles. The maximum absolute atomic E-state index is 13.1. The van der Waals surface area contributed by atoms with Crippen LogP contribution in [0.15, 0.2) is 60.9 Å². The fraction of sp³-hybridized carbons (Fsp3) is 0.333. The fourth-order valence-corrected chi connectivity index (χ4v) is 4.41. The van der Waals surface area contributed by atoms with Gasteiger partial charge >= 0.3 is 24.3 Å². The van der Waals surface area contributed by atoms with E-state index in [9.17, 15) is 41.0 Å². The molecule has 51 heavy (non-hydrogen) atoms. The van der Waals surface area contributed by atoms with Gasteiger partial charge in [0.1, 0.15) is 22.6 Å². The maximum Gasteiger partial charge on any atom is 0.434 e. The molecule has 0 atom stereocenters. The molecule has 0 spiro atoms. The van der Waals surface area contributed by atoms with Crippen molar-refractivity contribution in [2.24, 2.45) is 0 Å². The predicted molar refractivity (Wildman–Crippen MR) is 171 cm³/mol. The lowest BCUT2D eigenvalue weighted by atomic mass is 10.1. The first-order valence-electron chi connectivity index (χ1n) is 15.1. The molecule has 0 unspecified atom stereocenters. The number of phenols is 1. The van der Waals surface area contributed by atoms with Crippen molar-refractivity contribution in [3.05, 3.63) is 94.6 Å². The first kappa shape index (κ1) is 39.8. The third-order valence-electron chi connectivity index (χ3n) is 6.82. The van der Waals surface area contributed by atoms with E-state index in [1.165, 1.54) is 0 Å². The van der Waals surface area contributed by atoms with Gasteiger partial charge in [-0.2, -0.15) is 26.3 Å². The zero-order valence-corrected chi connectivity index (χ0v) is 27.6. The van der Waals surface area contributed by atoms with Gasteiger partial charge in [-0.3, -0.25) is 0 Å². The highest BCUT2D eigenvalue weighted by molar-refractivity contribution is 5.91. The van der Waals surface area contributed by atoms with E-state index in [4.69, 9.17) is 4.74 Å². The van der Waals surface area contributed by atoms with E-state index in [1.807, 2.05) is 30.3 Å². The number of ether oxygens (including phenoxy) is 3.